The Morgan fingerprint density at radius 2 is 1.90 bits per heavy atom. The molecule has 0 aliphatic heterocycles. The van der Waals surface area contributed by atoms with E-state index in [1.54, 1.807) is 32.4 Å². The van der Waals surface area contributed by atoms with Crippen molar-refractivity contribution in [1.82, 2.24) is 0 Å². The summed E-state index contributed by atoms with van der Waals surface area (Å²) in [5, 5.41) is 2.88. The molecule has 0 saturated heterocycles. The van der Waals surface area contributed by atoms with Gasteiger partial charge >= 0.3 is 0 Å². The van der Waals surface area contributed by atoms with E-state index < -0.39 is 5.54 Å². The number of ether oxygens (including phenoxy) is 2. The van der Waals surface area contributed by atoms with Crippen LogP contribution in [-0.2, 0) is 4.79 Å². The zero-order valence-corrected chi connectivity index (χ0v) is 12.1. The van der Waals surface area contributed by atoms with E-state index in [9.17, 15) is 4.79 Å². The molecule has 2 rings (SSSR count). The lowest BCUT2D eigenvalue weighted by atomic mass is 9.82. The van der Waals surface area contributed by atoms with E-state index in [0.717, 1.165) is 32.1 Å². The third kappa shape index (κ3) is 3.04. The largest absolute Gasteiger partial charge is 0.497 e. The summed E-state index contributed by atoms with van der Waals surface area (Å²) in [7, 11) is 3.15. The van der Waals surface area contributed by atoms with Gasteiger partial charge in [-0.3, -0.25) is 4.79 Å². The average Bonchev–Trinajstić information content (AvgIpc) is 2.48. The minimum Gasteiger partial charge on any atom is -0.497 e. The second-order valence-electron chi connectivity index (χ2n) is 5.24. The molecule has 1 aliphatic rings. The number of hydrogen-bond donors (Lipinski definition) is 2. The second-order valence-corrected chi connectivity index (χ2v) is 5.24. The lowest BCUT2D eigenvalue weighted by molar-refractivity contribution is -0.122. The smallest absolute Gasteiger partial charge is 0.244 e. The summed E-state index contributed by atoms with van der Waals surface area (Å²) in [5.41, 5.74) is 6.08. The number of anilines is 1. The lowest BCUT2D eigenvalue weighted by Gasteiger charge is -2.32. The number of rotatable bonds is 4. The highest BCUT2D eigenvalue weighted by atomic mass is 16.5. The molecule has 0 aromatic heterocycles. The van der Waals surface area contributed by atoms with Gasteiger partial charge in [-0.1, -0.05) is 19.3 Å². The number of hydrogen-bond acceptors (Lipinski definition) is 4. The fourth-order valence-corrected chi connectivity index (χ4v) is 2.56. The standard InChI is InChI=1S/C15H22N2O3/c1-19-11-6-7-12(13(10-11)20-2)17-14(18)15(16)8-4-3-5-9-15/h6-7,10H,3-5,8-9,16H2,1-2H3,(H,17,18). The molecule has 0 unspecified atom stereocenters. The Labute approximate surface area is 119 Å². The fraction of sp³-hybridized carbons (Fsp3) is 0.533. The lowest BCUT2D eigenvalue weighted by Crippen LogP contribution is -2.52. The molecule has 1 saturated carbocycles. The maximum absolute atomic E-state index is 12.4. The summed E-state index contributed by atoms with van der Waals surface area (Å²) in [6, 6.07) is 5.28. The number of carbonyl (C=O) groups excluding carboxylic acids is 1. The van der Waals surface area contributed by atoms with Crippen LogP contribution >= 0.6 is 0 Å². The highest BCUT2D eigenvalue weighted by molar-refractivity contribution is 5.99. The molecule has 5 nitrogen and oxygen atoms in total. The van der Waals surface area contributed by atoms with Crippen LogP contribution in [0.2, 0.25) is 0 Å². The van der Waals surface area contributed by atoms with Gasteiger partial charge < -0.3 is 20.5 Å². The Balaban J connectivity index is 2.14. The summed E-state index contributed by atoms with van der Waals surface area (Å²) in [6.45, 7) is 0. The van der Waals surface area contributed by atoms with Gasteiger partial charge in [0, 0.05) is 6.07 Å². The van der Waals surface area contributed by atoms with Crippen LogP contribution in [0.15, 0.2) is 18.2 Å². The summed E-state index contributed by atoms with van der Waals surface area (Å²) >= 11 is 0. The molecular formula is C15H22N2O3. The van der Waals surface area contributed by atoms with Crippen LogP contribution in [-0.4, -0.2) is 25.7 Å². The predicted octanol–water partition coefficient (Wildman–Crippen LogP) is 2.30. The van der Waals surface area contributed by atoms with Crippen molar-refractivity contribution in [3.05, 3.63) is 18.2 Å². The highest BCUT2D eigenvalue weighted by Crippen LogP contribution is 2.32. The quantitative estimate of drug-likeness (QED) is 0.886. The number of nitrogens with two attached hydrogens (primary N) is 1. The third-order valence-electron chi connectivity index (χ3n) is 3.85. The molecule has 3 N–H and O–H groups in total. The van der Waals surface area contributed by atoms with Gasteiger partial charge in [-0.05, 0) is 25.0 Å². The summed E-state index contributed by atoms with van der Waals surface area (Å²) in [6.07, 6.45) is 4.63. The number of methoxy groups -OCH3 is 2. The van der Waals surface area contributed by atoms with Gasteiger partial charge in [0.15, 0.2) is 0 Å². The first-order valence-electron chi connectivity index (χ1n) is 6.91. The van der Waals surface area contributed by atoms with Crippen LogP contribution in [0.1, 0.15) is 32.1 Å². The summed E-state index contributed by atoms with van der Waals surface area (Å²) in [5.74, 6) is 1.11. The van der Waals surface area contributed by atoms with Crippen molar-refractivity contribution in [1.29, 1.82) is 0 Å². The third-order valence-corrected chi connectivity index (χ3v) is 3.85. The molecule has 20 heavy (non-hydrogen) atoms. The molecule has 1 aromatic rings. The monoisotopic (exact) mass is 278 g/mol. The molecular weight excluding hydrogens is 256 g/mol. The number of nitrogens with one attached hydrogen (secondary N) is 1. The fourth-order valence-electron chi connectivity index (χ4n) is 2.56. The molecule has 1 amide bonds. The van der Waals surface area contributed by atoms with Gasteiger partial charge in [0.1, 0.15) is 11.5 Å². The van der Waals surface area contributed by atoms with Crippen LogP contribution in [0.25, 0.3) is 0 Å². The van der Waals surface area contributed by atoms with E-state index in [1.165, 1.54) is 0 Å². The number of benzene rings is 1. The maximum atomic E-state index is 12.4. The van der Waals surface area contributed by atoms with E-state index in [0.29, 0.717) is 17.2 Å². The zero-order valence-electron chi connectivity index (χ0n) is 12.1. The second kappa shape index (κ2) is 6.13. The molecule has 0 heterocycles. The summed E-state index contributed by atoms with van der Waals surface area (Å²) in [4.78, 5) is 12.4. The Bertz CT molecular complexity index is 482. The van der Waals surface area contributed by atoms with Crippen molar-refractivity contribution in [2.75, 3.05) is 19.5 Å². The average molecular weight is 278 g/mol. The molecule has 1 aromatic carbocycles. The van der Waals surface area contributed by atoms with E-state index in [2.05, 4.69) is 5.32 Å². The van der Waals surface area contributed by atoms with Crippen LogP contribution in [0.4, 0.5) is 5.69 Å². The van der Waals surface area contributed by atoms with E-state index in [4.69, 9.17) is 15.2 Å². The molecule has 0 atom stereocenters. The minimum absolute atomic E-state index is 0.138. The van der Waals surface area contributed by atoms with Gasteiger partial charge in [-0.15, -0.1) is 0 Å². The van der Waals surface area contributed by atoms with E-state index >= 15 is 0 Å². The van der Waals surface area contributed by atoms with Gasteiger partial charge in [-0.2, -0.15) is 0 Å². The van der Waals surface area contributed by atoms with Crippen molar-refractivity contribution < 1.29 is 14.3 Å². The Morgan fingerprint density at radius 1 is 1.20 bits per heavy atom. The highest BCUT2D eigenvalue weighted by Gasteiger charge is 2.35. The van der Waals surface area contributed by atoms with Crippen LogP contribution < -0.4 is 20.5 Å². The Hall–Kier alpha value is -1.75. The number of carbonyl (C=O) groups is 1. The normalized spacial score (nSPS) is 17.4. The van der Waals surface area contributed by atoms with Gasteiger partial charge in [0.05, 0.1) is 25.4 Å². The molecule has 0 bridgehead atoms. The summed E-state index contributed by atoms with van der Waals surface area (Å²) < 4.78 is 10.4. The maximum Gasteiger partial charge on any atom is 0.244 e. The van der Waals surface area contributed by atoms with Crippen molar-refractivity contribution in [2.24, 2.45) is 5.73 Å². The first kappa shape index (κ1) is 14.7. The Morgan fingerprint density at radius 3 is 2.50 bits per heavy atom. The molecule has 1 fully saturated rings. The van der Waals surface area contributed by atoms with Gasteiger partial charge in [0.25, 0.3) is 0 Å². The van der Waals surface area contributed by atoms with Crippen LogP contribution in [0.3, 0.4) is 0 Å². The molecule has 110 valence electrons. The topological polar surface area (TPSA) is 73.6 Å². The van der Waals surface area contributed by atoms with Gasteiger partial charge in [-0.25, -0.2) is 0 Å². The first-order valence-corrected chi connectivity index (χ1v) is 6.91. The molecule has 0 radical (unpaired) electrons. The van der Waals surface area contributed by atoms with Gasteiger partial charge in [0.2, 0.25) is 5.91 Å². The van der Waals surface area contributed by atoms with Crippen molar-refractivity contribution >= 4 is 11.6 Å². The Kier molecular flexibility index (Phi) is 4.49. The minimum atomic E-state index is -0.761. The van der Waals surface area contributed by atoms with E-state index in [-0.39, 0.29) is 5.91 Å². The zero-order chi connectivity index (χ0) is 14.6. The molecule has 5 heteroatoms. The SMILES string of the molecule is COc1ccc(NC(=O)C2(N)CCCCC2)c(OC)c1. The van der Waals surface area contributed by atoms with Crippen molar-refractivity contribution in [2.45, 2.75) is 37.6 Å². The predicted molar refractivity (Wildman–Crippen MR) is 78.2 cm³/mol. The van der Waals surface area contributed by atoms with Crippen LogP contribution in [0, 0.1) is 0 Å². The molecule has 0 spiro atoms. The van der Waals surface area contributed by atoms with Crippen molar-refractivity contribution in [3.63, 3.8) is 0 Å². The first-order chi connectivity index (χ1) is 9.59. The van der Waals surface area contributed by atoms with Crippen LogP contribution in [0.5, 0.6) is 11.5 Å². The molecule has 1 aliphatic carbocycles. The van der Waals surface area contributed by atoms with Crippen molar-refractivity contribution in [3.8, 4) is 11.5 Å². The van der Waals surface area contributed by atoms with E-state index in [1.807, 2.05) is 0 Å². The number of amides is 1.